The van der Waals surface area contributed by atoms with Crippen LogP contribution in [-0.4, -0.2) is 31.7 Å². The average Bonchev–Trinajstić information content (AvgIpc) is 3.17. The summed E-state index contributed by atoms with van der Waals surface area (Å²) in [5, 5.41) is 14.8. The van der Waals surface area contributed by atoms with Crippen LogP contribution in [0.1, 0.15) is 12.5 Å². The van der Waals surface area contributed by atoms with Crippen LogP contribution in [0.3, 0.4) is 0 Å². The van der Waals surface area contributed by atoms with Crippen LogP contribution in [0.15, 0.2) is 72.8 Å². The lowest BCUT2D eigenvalue weighted by Gasteiger charge is -2.10. The Labute approximate surface area is 202 Å². The Hall–Kier alpha value is -4.43. The molecule has 0 amide bonds. The van der Waals surface area contributed by atoms with Crippen LogP contribution in [0.25, 0.3) is 33.1 Å². The summed E-state index contributed by atoms with van der Waals surface area (Å²) in [5.41, 5.74) is 17.3. The van der Waals surface area contributed by atoms with Gasteiger partial charge in [0.1, 0.15) is 11.9 Å². The Morgan fingerprint density at radius 3 is 2.49 bits per heavy atom. The van der Waals surface area contributed by atoms with Crippen LogP contribution < -0.4 is 16.8 Å². The zero-order valence-corrected chi connectivity index (χ0v) is 19.3. The molecule has 0 unspecified atom stereocenters. The van der Waals surface area contributed by atoms with Gasteiger partial charge in [0.05, 0.1) is 5.69 Å². The number of carboxylic acids is 1. The molecule has 0 aliphatic carbocycles. The summed E-state index contributed by atoms with van der Waals surface area (Å²) in [5.74, 6) is -0.278. The van der Waals surface area contributed by atoms with Crippen molar-refractivity contribution in [3.8, 4) is 11.3 Å². The molecule has 0 bridgehead atoms. The van der Waals surface area contributed by atoms with Gasteiger partial charge >= 0.3 is 5.97 Å². The topological polar surface area (TPSA) is 132 Å². The first kappa shape index (κ1) is 22.4. The fourth-order valence-electron chi connectivity index (χ4n) is 4.45. The van der Waals surface area contributed by atoms with Gasteiger partial charge in [-0.3, -0.25) is 4.79 Å². The lowest BCUT2D eigenvalue weighted by Crippen LogP contribution is -2.32. The first-order valence-corrected chi connectivity index (χ1v) is 11.4. The number of aliphatic carboxylic acids is 1. The van der Waals surface area contributed by atoms with Gasteiger partial charge in [-0.05, 0) is 43.2 Å². The highest BCUT2D eigenvalue weighted by molar-refractivity contribution is 6.09. The molecule has 0 fully saturated rings. The summed E-state index contributed by atoms with van der Waals surface area (Å²) in [6.45, 7) is 3.04. The van der Waals surface area contributed by atoms with Crippen molar-refractivity contribution >= 4 is 45.2 Å². The van der Waals surface area contributed by atoms with Gasteiger partial charge in [-0.2, -0.15) is 4.98 Å². The number of nitrogens with one attached hydrogen (secondary N) is 1. The van der Waals surface area contributed by atoms with Gasteiger partial charge in [-0.1, -0.05) is 42.5 Å². The van der Waals surface area contributed by atoms with E-state index in [9.17, 15) is 4.79 Å². The molecule has 0 aliphatic heterocycles. The fraction of sp³-hybridized carbons (Fsp3) is 0.148. The molecule has 0 saturated carbocycles. The summed E-state index contributed by atoms with van der Waals surface area (Å²) in [4.78, 5) is 19.7. The Bertz CT molecular complexity index is 1540. The second-order valence-corrected chi connectivity index (χ2v) is 8.46. The highest BCUT2D eigenvalue weighted by Gasteiger charge is 2.13. The number of carboxylic acid groups (broad SMARTS) is 1. The third-order valence-corrected chi connectivity index (χ3v) is 6.13. The zero-order chi connectivity index (χ0) is 24.5. The average molecular weight is 467 g/mol. The number of carbonyl (C=O) groups is 1. The highest BCUT2D eigenvalue weighted by atomic mass is 16.4. The van der Waals surface area contributed by atoms with E-state index >= 15 is 0 Å². The maximum absolute atomic E-state index is 11.0. The minimum atomic E-state index is -1.02. The van der Waals surface area contributed by atoms with E-state index in [-0.39, 0.29) is 12.4 Å². The predicted octanol–water partition coefficient (Wildman–Crippen LogP) is 4.55. The largest absolute Gasteiger partial charge is 0.480 e. The third-order valence-electron chi connectivity index (χ3n) is 6.13. The van der Waals surface area contributed by atoms with E-state index in [4.69, 9.17) is 16.6 Å². The molecule has 6 N–H and O–H groups in total. The Morgan fingerprint density at radius 1 is 1.00 bits per heavy atom. The van der Waals surface area contributed by atoms with E-state index in [1.54, 1.807) is 0 Å². The molecule has 0 saturated heterocycles. The molecule has 3 aromatic carbocycles. The number of hydrogen-bond acceptors (Lipinski definition) is 6. The van der Waals surface area contributed by atoms with Gasteiger partial charge < -0.3 is 26.5 Å². The molecule has 176 valence electrons. The van der Waals surface area contributed by atoms with E-state index in [1.807, 2.05) is 36.4 Å². The fourth-order valence-corrected chi connectivity index (χ4v) is 4.45. The SMILES string of the molecule is CCn1c2ccccc2c2cc(Nc3cc(-c4ccc(C[C@H](N)C(=O)O)cc4)nc(N)n3)ccc21. The number of fused-ring (bicyclic) bond motifs is 3. The van der Waals surface area contributed by atoms with Crippen molar-refractivity contribution in [3.63, 3.8) is 0 Å². The van der Waals surface area contributed by atoms with Crippen LogP contribution in [0.5, 0.6) is 0 Å². The summed E-state index contributed by atoms with van der Waals surface area (Å²) in [6.07, 6.45) is 0.255. The number of anilines is 3. The first-order chi connectivity index (χ1) is 16.9. The molecule has 5 aromatic rings. The maximum Gasteiger partial charge on any atom is 0.320 e. The van der Waals surface area contributed by atoms with Gasteiger partial charge in [0.25, 0.3) is 0 Å². The number of rotatable bonds is 7. The van der Waals surface area contributed by atoms with Crippen LogP contribution >= 0.6 is 0 Å². The van der Waals surface area contributed by atoms with E-state index in [0.717, 1.165) is 23.4 Å². The molecule has 8 nitrogen and oxygen atoms in total. The first-order valence-electron chi connectivity index (χ1n) is 11.4. The third kappa shape index (κ3) is 4.39. The number of hydrogen-bond donors (Lipinski definition) is 4. The van der Waals surface area contributed by atoms with Crippen molar-refractivity contribution in [2.75, 3.05) is 11.1 Å². The molecule has 5 rings (SSSR count). The van der Waals surface area contributed by atoms with E-state index < -0.39 is 12.0 Å². The molecule has 0 spiro atoms. The zero-order valence-electron chi connectivity index (χ0n) is 19.3. The molecule has 2 heterocycles. The highest BCUT2D eigenvalue weighted by Crippen LogP contribution is 2.32. The smallest absolute Gasteiger partial charge is 0.320 e. The second kappa shape index (κ2) is 9.08. The Morgan fingerprint density at radius 2 is 1.74 bits per heavy atom. The van der Waals surface area contributed by atoms with Gasteiger partial charge in [0.2, 0.25) is 5.95 Å². The van der Waals surface area contributed by atoms with Crippen LogP contribution in [-0.2, 0) is 17.8 Å². The number of nitrogens with zero attached hydrogens (tertiary/aromatic N) is 3. The van der Waals surface area contributed by atoms with Crippen molar-refractivity contribution in [2.45, 2.75) is 25.9 Å². The molecule has 1 atom stereocenters. The van der Waals surface area contributed by atoms with Crippen LogP contribution in [0, 0.1) is 0 Å². The maximum atomic E-state index is 11.0. The van der Waals surface area contributed by atoms with E-state index in [2.05, 4.69) is 63.2 Å². The Kier molecular flexibility index (Phi) is 5.80. The van der Waals surface area contributed by atoms with Crippen molar-refractivity contribution < 1.29 is 9.90 Å². The lowest BCUT2D eigenvalue weighted by atomic mass is 10.0. The van der Waals surface area contributed by atoms with Gasteiger partial charge in [0, 0.05) is 45.7 Å². The summed E-state index contributed by atoms with van der Waals surface area (Å²) >= 11 is 0. The number of aryl methyl sites for hydroxylation is 1. The second-order valence-electron chi connectivity index (χ2n) is 8.46. The number of nitrogens with two attached hydrogens (primary N) is 2. The molecule has 35 heavy (non-hydrogen) atoms. The van der Waals surface area contributed by atoms with Crippen molar-refractivity contribution in [1.29, 1.82) is 0 Å². The summed E-state index contributed by atoms with van der Waals surface area (Å²) < 4.78 is 2.31. The van der Waals surface area contributed by atoms with Crippen LogP contribution in [0.4, 0.5) is 17.5 Å². The standard InChI is InChI=1S/C27H26N6O2/c1-2-33-23-6-4-3-5-19(23)20-14-18(11-12-24(20)33)30-25-15-22(31-27(29)32-25)17-9-7-16(8-10-17)13-21(28)26(34)35/h3-12,14-15,21H,2,13,28H2,1H3,(H,34,35)(H3,29,30,31,32)/t21-/m0/s1. The minimum absolute atomic E-state index is 0.158. The molecule has 0 radical (unpaired) electrons. The monoisotopic (exact) mass is 466 g/mol. The summed E-state index contributed by atoms with van der Waals surface area (Å²) in [7, 11) is 0. The van der Waals surface area contributed by atoms with Crippen molar-refractivity contribution in [1.82, 2.24) is 14.5 Å². The van der Waals surface area contributed by atoms with E-state index in [1.165, 1.54) is 21.8 Å². The van der Waals surface area contributed by atoms with Gasteiger partial charge in [-0.25, -0.2) is 4.98 Å². The van der Waals surface area contributed by atoms with E-state index in [0.29, 0.717) is 11.5 Å². The normalized spacial score (nSPS) is 12.2. The number of para-hydroxylation sites is 1. The van der Waals surface area contributed by atoms with Gasteiger partial charge in [-0.15, -0.1) is 0 Å². The molecule has 0 aliphatic rings. The predicted molar refractivity (Wildman–Crippen MR) is 140 cm³/mol. The number of aromatic nitrogens is 3. The van der Waals surface area contributed by atoms with Gasteiger partial charge in [0.15, 0.2) is 0 Å². The van der Waals surface area contributed by atoms with Crippen molar-refractivity contribution in [3.05, 3.63) is 78.4 Å². The Balaban J connectivity index is 1.44. The minimum Gasteiger partial charge on any atom is -0.480 e. The quantitative estimate of drug-likeness (QED) is 0.277. The number of benzene rings is 3. The summed E-state index contributed by atoms with van der Waals surface area (Å²) in [6, 6.07) is 23.0. The van der Waals surface area contributed by atoms with Crippen LogP contribution in [0.2, 0.25) is 0 Å². The molecule has 8 heteroatoms. The molecular weight excluding hydrogens is 440 g/mol. The van der Waals surface area contributed by atoms with Crippen molar-refractivity contribution in [2.24, 2.45) is 5.73 Å². The molecular formula is C27H26N6O2. The number of nitrogen functional groups attached to an aromatic ring is 1. The lowest BCUT2D eigenvalue weighted by molar-refractivity contribution is -0.138. The molecule has 2 aromatic heterocycles.